The van der Waals surface area contributed by atoms with Gasteiger partial charge >= 0.3 is 0 Å². The molecule has 102 valence electrons. The molecule has 2 heterocycles. The lowest BCUT2D eigenvalue weighted by atomic mass is 10.1. The summed E-state index contributed by atoms with van der Waals surface area (Å²) in [7, 11) is -1.70. The zero-order chi connectivity index (χ0) is 13.2. The van der Waals surface area contributed by atoms with E-state index in [0.717, 1.165) is 19.4 Å². The summed E-state index contributed by atoms with van der Waals surface area (Å²) in [6, 6.07) is 0.235. The SMILES string of the molecule is Cc1nc(S(=O)(=O)NC[C@H]2CCCCN2)cn1C. The number of aromatic nitrogens is 2. The van der Waals surface area contributed by atoms with E-state index in [0.29, 0.717) is 12.4 Å². The molecule has 0 bridgehead atoms. The van der Waals surface area contributed by atoms with E-state index in [1.807, 2.05) is 0 Å². The van der Waals surface area contributed by atoms with E-state index < -0.39 is 10.0 Å². The molecule has 1 aliphatic heterocycles. The highest BCUT2D eigenvalue weighted by atomic mass is 32.2. The average molecular weight is 272 g/mol. The minimum absolute atomic E-state index is 0.0957. The van der Waals surface area contributed by atoms with Crippen molar-refractivity contribution in [3.05, 3.63) is 12.0 Å². The Balaban J connectivity index is 1.98. The third-order valence-electron chi connectivity index (χ3n) is 3.29. The molecule has 0 amide bonds. The van der Waals surface area contributed by atoms with Gasteiger partial charge in [0.15, 0.2) is 5.03 Å². The van der Waals surface area contributed by atoms with Crippen LogP contribution in [0.1, 0.15) is 25.1 Å². The topological polar surface area (TPSA) is 76.0 Å². The summed E-state index contributed by atoms with van der Waals surface area (Å²) in [5, 5.41) is 3.40. The Kier molecular flexibility index (Phi) is 4.04. The molecule has 0 spiro atoms. The minimum atomic E-state index is -3.48. The van der Waals surface area contributed by atoms with E-state index in [9.17, 15) is 8.42 Å². The average Bonchev–Trinajstić information content (AvgIpc) is 2.70. The van der Waals surface area contributed by atoms with Gasteiger partial charge in [0.1, 0.15) is 5.82 Å². The quantitative estimate of drug-likeness (QED) is 0.818. The summed E-state index contributed by atoms with van der Waals surface area (Å²) in [4.78, 5) is 4.04. The number of aryl methyl sites for hydroxylation is 2. The van der Waals surface area contributed by atoms with Crippen molar-refractivity contribution in [3.63, 3.8) is 0 Å². The van der Waals surface area contributed by atoms with Crippen molar-refractivity contribution in [2.24, 2.45) is 7.05 Å². The molecule has 1 atom stereocenters. The van der Waals surface area contributed by atoms with Crippen LogP contribution in [0.3, 0.4) is 0 Å². The van der Waals surface area contributed by atoms with Crippen LogP contribution in [0.4, 0.5) is 0 Å². The Morgan fingerprint density at radius 2 is 2.33 bits per heavy atom. The predicted octanol–water partition coefficient (Wildman–Crippen LogP) is 0.149. The van der Waals surface area contributed by atoms with Crippen LogP contribution in [0.25, 0.3) is 0 Å². The van der Waals surface area contributed by atoms with Gasteiger partial charge in [0.05, 0.1) is 0 Å². The van der Waals surface area contributed by atoms with Crippen molar-refractivity contribution in [2.45, 2.75) is 37.3 Å². The Hall–Kier alpha value is -0.920. The predicted molar refractivity (Wildman–Crippen MR) is 68.8 cm³/mol. The molecule has 0 radical (unpaired) electrons. The van der Waals surface area contributed by atoms with Crippen LogP contribution in [0.2, 0.25) is 0 Å². The maximum absolute atomic E-state index is 12.0. The Bertz CT molecular complexity index is 484. The number of rotatable bonds is 4. The minimum Gasteiger partial charge on any atom is -0.337 e. The van der Waals surface area contributed by atoms with Gasteiger partial charge in [0, 0.05) is 25.8 Å². The van der Waals surface area contributed by atoms with Crippen LogP contribution < -0.4 is 10.0 Å². The van der Waals surface area contributed by atoms with Gasteiger partial charge in [0.25, 0.3) is 10.0 Å². The number of nitrogens with one attached hydrogen (secondary N) is 2. The molecule has 0 aromatic carbocycles. The first-order valence-electron chi connectivity index (χ1n) is 6.22. The van der Waals surface area contributed by atoms with E-state index in [1.165, 1.54) is 12.6 Å². The maximum atomic E-state index is 12.0. The third kappa shape index (κ3) is 3.09. The number of hydrogen-bond acceptors (Lipinski definition) is 4. The lowest BCUT2D eigenvalue weighted by Crippen LogP contribution is -2.43. The molecular formula is C11H20N4O2S. The van der Waals surface area contributed by atoms with Crippen LogP contribution in [-0.2, 0) is 17.1 Å². The van der Waals surface area contributed by atoms with Crippen LogP contribution in [0.15, 0.2) is 11.2 Å². The maximum Gasteiger partial charge on any atom is 0.259 e. The fourth-order valence-corrected chi connectivity index (χ4v) is 3.16. The van der Waals surface area contributed by atoms with E-state index in [4.69, 9.17) is 0 Å². The molecule has 2 N–H and O–H groups in total. The van der Waals surface area contributed by atoms with Crippen molar-refractivity contribution in [1.29, 1.82) is 0 Å². The first-order valence-corrected chi connectivity index (χ1v) is 7.70. The molecular weight excluding hydrogens is 252 g/mol. The monoisotopic (exact) mass is 272 g/mol. The zero-order valence-electron chi connectivity index (χ0n) is 10.8. The Labute approximate surface area is 108 Å². The summed E-state index contributed by atoms with van der Waals surface area (Å²) in [5.41, 5.74) is 0. The summed E-state index contributed by atoms with van der Waals surface area (Å²) >= 11 is 0. The smallest absolute Gasteiger partial charge is 0.259 e. The van der Waals surface area contributed by atoms with E-state index in [-0.39, 0.29) is 11.1 Å². The van der Waals surface area contributed by atoms with Gasteiger partial charge < -0.3 is 9.88 Å². The van der Waals surface area contributed by atoms with E-state index in [1.54, 1.807) is 18.5 Å². The fourth-order valence-electron chi connectivity index (χ4n) is 2.04. The van der Waals surface area contributed by atoms with Crippen LogP contribution in [0.5, 0.6) is 0 Å². The van der Waals surface area contributed by atoms with E-state index in [2.05, 4.69) is 15.0 Å². The van der Waals surface area contributed by atoms with Crippen LogP contribution >= 0.6 is 0 Å². The van der Waals surface area contributed by atoms with Crippen LogP contribution in [0, 0.1) is 6.92 Å². The van der Waals surface area contributed by atoms with Gasteiger partial charge in [-0.15, -0.1) is 0 Å². The second-order valence-corrected chi connectivity index (χ2v) is 6.45. The number of sulfonamides is 1. The zero-order valence-corrected chi connectivity index (χ0v) is 11.6. The summed E-state index contributed by atoms with van der Waals surface area (Å²) in [5.74, 6) is 0.686. The molecule has 2 rings (SSSR count). The highest BCUT2D eigenvalue weighted by Gasteiger charge is 2.20. The number of imidazole rings is 1. The number of piperidine rings is 1. The molecule has 18 heavy (non-hydrogen) atoms. The van der Waals surface area contributed by atoms with Crippen molar-refractivity contribution in [1.82, 2.24) is 19.6 Å². The van der Waals surface area contributed by atoms with Gasteiger partial charge in [-0.25, -0.2) is 18.1 Å². The van der Waals surface area contributed by atoms with Gasteiger partial charge in [-0.05, 0) is 26.3 Å². The molecule has 1 aromatic heterocycles. The molecule has 7 heteroatoms. The first kappa shape index (κ1) is 13.5. The van der Waals surface area contributed by atoms with Gasteiger partial charge in [-0.2, -0.15) is 0 Å². The lowest BCUT2D eigenvalue weighted by Gasteiger charge is -2.23. The summed E-state index contributed by atoms with van der Waals surface area (Å²) < 4.78 is 28.4. The molecule has 6 nitrogen and oxygen atoms in total. The summed E-state index contributed by atoms with van der Waals surface area (Å²) in [6.45, 7) is 3.18. The first-order chi connectivity index (χ1) is 8.49. The number of hydrogen-bond donors (Lipinski definition) is 2. The highest BCUT2D eigenvalue weighted by molar-refractivity contribution is 7.89. The standard InChI is InChI=1S/C11H20N4O2S/c1-9-14-11(8-15(9)2)18(16,17)13-7-10-5-3-4-6-12-10/h8,10,12-13H,3-7H2,1-2H3/t10-/m1/s1. The van der Waals surface area contributed by atoms with Crippen molar-refractivity contribution in [3.8, 4) is 0 Å². The summed E-state index contributed by atoms with van der Waals surface area (Å²) in [6.07, 6.45) is 4.88. The second-order valence-electron chi connectivity index (χ2n) is 4.74. The van der Waals surface area contributed by atoms with E-state index >= 15 is 0 Å². The van der Waals surface area contributed by atoms with Gasteiger partial charge in [0.2, 0.25) is 0 Å². The Morgan fingerprint density at radius 1 is 1.56 bits per heavy atom. The normalized spacial score (nSPS) is 21.1. The van der Waals surface area contributed by atoms with Gasteiger partial charge in [-0.1, -0.05) is 6.42 Å². The van der Waals surface area contributed by atoms with Crippen molar-refractivity contribution < 1.29 is 8.42 Å². The Morgan fingerprint density at radius 3 is 2.89 bits per heavy atom. The van der Waals surface area contributed by atoms with Crippen molar-refractivity contribution in [2.75, 3.05) is 13.1 Å². The molecule has 1 saturated heterocycles. The van der Waals surface area contributed by atoms with Gasteiger partial charge in [-0.3, -0.25) is 0 Å². The molecule has 0 aliphatic carbocycles. The second kappa shape index (κ2) is 5.38. The molecule has 0 saturated carbocycles. The fraction of sp³-hybridized carbons (Fsp3) is 0.727. The third-order valence-corrected chi connectivity index (χ3v) is 4.59. The number of nitrogens with zero attached hydrogens (tertiary/aromatic N) is 2. The lowest BCUT2D eigenvalue weighted by molar-refractivity contribution is 0.398. The molecule has 1 aromatic rings. The van der Waals surface area contributed by atoms with Crippen LogP contribution in [-0.4, -0.2) is 37.1 Å². The molecule has 1 aliphatic rings. The van der Waals surface area contributed by atoms with Crippen molar-refractivity contribution >= 4 is 10.0 Å². The largest absolute Gasteiger partial charge is 0.337 e. The molecule has 0 unspecified atom stereocenters. The molecule has 1 fully saturated rings. The highest BCUT2D eigenvalue weighted by Crippen LogP contribution is 2.09.